The number of hydrogen-bond acceptors (Lipinski definition) is 9. The van der Waals surface area contributed by atoms with Crippen molar-refractivity contribution in [2.24, 2.45) is 14.1 Å². The van der Waals surface area contributed by atoms with Crippen LogP contribution in [-0.4, -0.2) is 102 Å². The van der Waals surface area contributed by atoms with Crippen LogP contribution in [0.25, 0.3) is 22.2 Å². The Hall–Kier alpha value is -6.53. The first-order valence-corrected chi connectivity index (χ1v) is 22.2. The second-order valence-corrected chi connectivity index (χ2v) is 17.3. The van der Waals surface area contributed by atoms with E-state index in [0.29, 0.717) is 92.2 Å². The lowest BCUT2D eigenvalue weighted by atomic mass is 9.92. The molecule has 4 aliphatic rings. The topological polar surface area (TPSA) is 177 Å². The van der Waals surface area contributed by atoms with Crippen molar-refractivity contribution >= 4 is 52.0 Å². The Morgan fingerprint density at radius 3 is 2.48 bits per heavy atom. The number of likely N-dealkylation sites (tertiary alicyclic amines) is 1. The summed E-state index contributed by atoms with van der Waals surface area (Å²) in [5.74, 6) is 0.000582. The molecule has 3 N–H and O–H groups in total. The molecule has 2 fully saturated rings. The quantitative estimate of drug-likeness (QED) is 0.121. The standard InChI is InChI=1S/C45H54F2N12O5/c1-48-44(63)56-20-15-34-33(26-56)42(57-17-6-7-27-21-31(28-24-50-53(2)25-28)32(41(46)47)23-37(27)57)52-59(34)30-13-18-55(19-14-30)40(61)8-4-5-16-49-29-9-10-35-38(22-29)54(3)45(64)58(35)36-11-12-39(60)51-43(36)62/h9-10,21-25,30,36,41,49H,4-8,11-20,26H2,1-3H3,(H,48,63)(H,51,60,62). The van der Waals surface area contributed by atoms with Gasteiger partial charge in [0.25, 0.3) is 6.43 Å². The van der Waals surface area contributed by atoms with Crippen LogP contribution in [0.1, 0.15) is 92.3 Å². The Labute approximate surface area is 368 Å². The summed E-state index contributed by atoms with van der Waals surface area (Å²) in [5.41, 5.74) is 6.52. The number of anilines is 3. The molecule has 9 rings (SSSR count). The monoisotopic (exact) mass is 880 g/mol. The molecule has 17 nitrogen and oxygen atoms in total. The lowest BCUT2D eigenvalue weighted by Crippen LogP contribution is -2.44. The number of alkyl halides is 2. The van der Waals surface area contributed by atoms with Crippen LogP contribution in [-0.2, 0) is 47.9 Å². The molecule has 0 bridgehead atoms. The molecule has 0 aliphatic carbocycles. The van der Waals surface area contributed by atoms with Crippen LogP contribution < -0.4 is 26.5 Å². The SMILES string of the molecule is CNC(=O)N1CCc2c(c(N3CCCc4cc(-c5cnn(C)c5)c(C(F)F)cc43)nn2C2CCN(C(=O)CCCCNc3ccc4c(c3)n(C)c(=O)n4C3CCC(=O)NC3=O)CC2)C1. The molecule has 7 heterocycles. The van der Waals surface area contributed by atoms with E-state index in [9.17, 15) is 32.8 Å². The minimum atomic E-state index is -2.70. The van der Waals surface area contributed by atoms with E-state index in [-0.39, 0.29) is 48.0 Å². The first-order chi connectivity index (χ1) is 30.9. The van der Waals surface area contributed by atoms with Gasteiger partial charge in [-0.05, 0) is 86.4 Å². The molecule has 19 heteroatoms. The van der Waals surface area contributed by atoms with Crippen LogP contribution in [0.2, 0.25) is 0 Å². The van der Waals surface area contributed by atoms with Gasteiger partial charge in [0.2, 0.25) is 17.7 Å². The number of urea groups is 1. The molecule has 2 saturated heterocycles. The lowest BCUT2D eigenvalue weighted by molar-refractivity contribution is -0.136. The van der Waals surface area contributed by atoms with Gasteiger partial charge >= 0.3 is 11.7 Å². The van der Waals surface area contributed by atoms with Crippen LogP contribution >= 0.6 is 0 Å². The Balaban J connectivity index is 0.843. The maximum atomic E-state index is 14.7. The van der Waals surface area contributed by atoms with Crippen molar-refractivity contribution < 1.29 is 28.0 Å². The van der Waals surface area contributed by atoms with Gasteiger partial charge < -0.3 is 25.3 Å². The fourth-order valence-corrected chi connectivity index (χ4v) is 9.99. The summed E-state index contributed by atoms with van der Waals surface area (Å²) >= 11 is 0. The molecule has 1 atom stereocenters. The molecule has 0 spiro atoms. The molecule has 1 unspecified atom stereocenters. The Morgan fingerprint density at radius 1 is 0.938 bits per heavy atom. The normalized spacial score (nSPS) is 18.1. The van der Waals surface area contributed by atoms with Gasteiger partial charge in [0.1, 0.15) is 6.04 Å². The predicted molar refractivity (Wildman–Crippen MR) is 236 cm³/mol. The molecule has 64 heavy (non-hydrogen) atoms. The van der Waals surface area contributed by atoms with E-state index in [2.05, 4.69) is 30.6 Å². The Morgan fingerprint density at radius 2 is 1.75 bits per heavy atom. The minimum Gasteiger partial charge on any atom is -0.385 e. The summed E-state index contributed by atoms with van der Waals surface area (Å²) < 4.78 is 36.1. The fourth-order valence-electron chi connectivity index (χ4n) is 9.99. The minimum absolute atomic E-state index is 0.0360. The number of rotatable bonds is 11. The van der Waals surface area contributed by atoms with Crippen LogP contribution in [0.4, 0.5) is 30.8 Å². The van der Waals surface area contributed by atoms with Crippen molar-refractivity contribution in [3.05, 3.63) is 75.6 Å². The summed E-state index contributed by atoms with van der Waals surface area (Å²) in [6.07, 6.45) is 6.59. The number of fused-ring (bicyclic) bond motifs is 3. The number of imidazole rings is 1. The zero-order valence-corrected chi connectivity index (χ0v) is 36.4. The van der Waals surface area contributed by atoms with Crippen molar-refractivity contribution in [3.8, 4) is 11.1 Å². The molecule has 2 aromatic carbocycles. The lowest BCUT2D eigenvalue weighted by Gasteiger charge is -2.34. The number of piperidine rings is 2. The van der Waals surface area contributed by atoms with Crippen molar-refractivity contribution in [3.63, 3.8) is 0 Å². The van der Waals surface area contributed by atoms with Gasteiger partial charge in [-0.1, -0.05) is 0 Å². The van der Waals surface area contributed by atoms with Gasteiger partial charge in [-0.2, -0.15) is 10.2 Å². The van der Waals surface area contributed by atoms with Gasteiger partial charge in [0.05, 0.1) is 29.8 Å². The average Bonchev–Trinajstić information content (AvgIpc) is 3.98. The second-order valence-electron chi connectivity index (χ2n) is 17.3. The van der Waals surface area contributed by atoms with Crippen LogP contribution in [0, 0.1) is 0 Å². The second kappa shape index (κ2) is 17.6. The zero-order valence-electron chi connectivity index (χ0n) is 36.4. The molecule has 5 amide bonds. The summed E-state index contributed by atoms with van der Waals surface area (Å²) in [4.78, 5) is 69.5. The highest BCUT2D eigenvalue weighted by Crippen LogP contribution is 2.44. The van der Waals surface area contributed by atoms with E-state index in [4.69, 9.17) is 5.10 Å². The van der Waals surface area contributed by atoms with Gasteiger partial charge in [-0.15, -0.1) is 0 Å². The largest absolute Gasteiger partial charge is 0.385 e. The number of aromatic nitrogens is 6. The van der Waals surface area contributed by atoms with Gasteiger partial charge in [-0.3, -0.25) is 38.2 Å². The van der Waals surface area contributed by atoms with E-state index in [1.807, 2.05) is 29.2 Å². The highest BCUT2D eigenvalue weighted by Gasteiger charge is 2.36. The molecule has 5 aromatic rings. The number of aryl methyl sites for hydroxylation is 3. The van der Waals surface area contributed by atoms with E-state index in [0.717, 1.165) is 54.6 Å². The number of unbranched alkanes of at least 4 members (excludes halogenated alkanes) is 1. The van der Waals surface area contributed by atoms with E-state index in [1.165, 1.54) is 9.13 Å². The number of halogens is 2. The maximum Gasteiger partial charge on any atom is 0.329 e. The summed E-state index contributed by atoms with van der Waals surface area (Å²) in [7, 11) is 5.04. The molecular formula is C45H54F2N12O5. The molecule has 0 saturated carbocycles. The van der Waals surface area contributed by atoms with Crippen molar-refractivity contribution in [1.82, 2.24) is 49.1 Å². The van der Waals surface area contributed by atoms with E-state index >= 15 is 0 Å². The average molecular weight is 881 g/mol. The van der Waals surface area contributed by atoms with Gasteiger partial charge in [0, 0.05) is 113 Å². The summed E-state index contributed by atoms with van der Waals surface area (Å²) in [5, 5.41) is 18.0. The van der Waals surface area contributed by atoms with Crippen LogP contribution in [0.15, 0.2) is 47.5 Å². The first kappa shape index (κ1) is 42.8. The predicted octanol–water partition coefficient (Wildman–Crippen LogP) is 5.08. The highest BCUT2D eigenvalue weighted by molar-refractivity contribution is 6.00. The third kappa shape index (κ3) is 8.00. The van der Waals surface area contributed by atoms with Gasteiger partial charge in [-0.25, -0.2) is 18.4 Å². The van der Waals surface area contributed by atoms with Crippen LogP contribution in [0.3, 0.4) is 0 Å². The number of carbonyl (C=O) groups excluding carboxylic acids is 4. The first-order valence-electron chi connectivity index (χ1n) is 22.2. The number of nitrogens with zero attached hydrogens (tertiary/aromatic N) is 9. The van der Waals surface area contributed by atoms with E-state index in [1.54, 1.807) is 49.2 Å². The summed E-state index contributed by atoms with van der Waals surface area (Å²) in [6, 6.07) is 8.16. The number of imide groups is 1. The molecule has 4 aliphatic heterocycles. The number of nitrogens with one attached hydrogen (secondary N) is 3. The summed E-state index contributed by atoms with van der Waals surface area (Å²) in [6.45, 7) is 3.29. The Kier molecular flexibility index (Phi) is 11.7. The van der Waals surface area contributed by atoms with E-state index < -0.39 is 18.4 Å². The molecule has 3 aromatic heterocycles. The fraction of sp³-hybridized carbons (Fsp3) is 0.489. The third-order valence-corrected chi connectivity index (χ3v) is 13.4. The zero-order chi connectivity index (χ0) is 44.8. The van der Waals surface area contributed by atoms with Crippen molar-refractivity contribution in [1.29, 1.82) is 0 Å². The van der Waals surface area contributed by atoms with Gasteiger partial charge in [0.15, 0.2) is 5.82 Å². The molecule has 0 radical (unpaired) electrons. The third-order valence-electron chi connectivity index (χ3n) is 13.4. The maximum absolute atomic E-state index is 14.7. The van der Waals surface area contributed by atoms with Crippen molar-refractivity contribution in [2.45, 2.75) is 89.3 Å². The Bertz CT molecular complexity index is 2690. The van der Waals surface area contributed by atoms with Crippen LogP contribution in [0.5, 0.6) is 0 Å². The number of amides is 5. The van der Waals surface area contributed by atoms with Crippen molar-refractivity contribution in [2.75, 3.05) is 50.0 Å². The molecule has 338 valence electrons. The molecular weight excluding hydrogens is 827 g/mol. The highest BCUT2D eigenvalue weighted by atomic mass is 19.3. The number of benzene rings is 2. The number of carbonyl (C=O) groups is 4. The smallest absolute Gasteiger partial charge is 0.329 e. The number of hydrogen-bond donors (Lipinski definition) is 3.